The summed E-state index contributed by atoms with van der Waals surface area (Å²) in [4.78, 5) is 14.6. The summed E-state index contributed by atoms with van der Waals surface area (Å²) in [5.41, 5.74) is 0.650. The summed E-state index contributed by atoms with van der Waals surface area (Å²) < 4.78 is 6.71. The number of halogens is 2. The number of amides is 1. The first-order valence-electron chi connectivity index (χ1n) is 7.41. The minimum atomic E-state index is 0. The molecule has 124 valence electrons. The number of carbonyl (C=O) groups is 1. The van der Waals surface area contributed by atoms with Crippen molar-refractivity contribution < 1.29 is 9.53 Å². The van der Waals surface area contributed by atoms with Crippen molar-refractivity contribution in [2.24, 2.45) is 5.92 Å². The van der Waals surface area contributed by atoms with Crippen LogP contribution in [0.25, 0.3) is 0 Å². The van der Waals surface area contributed by atoms with Gasteiger partial charge in [0.25, 0.3) is 5.91 Å². The predicted molar refractivity (Wildman–Crippen MR) is 95.1 cm³/mol. The fraction of sp³-hybridized carbons (Fsp3) is 0.562. The Morgan fingerprint density at radius 1 is 1.50 bits per heavy atom. The van der Waals surface area contributed by atoms with E-state index >= 15 is 0 Å². The highest BCUT2D eigenvalue weighted by atomic mass is 79.9. The number of hydrogen-bond acceptors (Lipinski definition) is 3. The van der Waals surface area contributed by atoms with Gasteiger partial charge in [-0.05, 0) is 58.0 Å². The molecule has 1 heterocycles. The largest absolute Gasteiger partial charge is 0.490 e. The normalized spacial score (nSPS) is 17.5. The number of ether oxygens (including phenoxy) is 1. The fourth-order valence-corrected chi connectivity index (χ4v) is 3.01. The smallest absolute Gasteiger partial charge is 0.257 e. The first-order valence-corrected chi connectivity index (χ1v) is 8.20. The van der Waals surface area contributed by atoms with Crippen LogP contribution in [-0.2, 0) is 0 Å². The molecule has 1 N–H and O–H groups in total. The highest BCUT2D eigenvalue weighted by molar-refractivity contribution is 9.10. The van der Waals surface area contributed by atoms with Crippen LogP contribution in [-0.4, -0.2) is 43.6 Å². The van der Waals surface area contributed by atoms with Gasteiger partial charge < -0.3 is 15.0 Å². The number of carbonyl (C=O) groups excluding carboxylic acids is 1. The van der Waals surface area contributed by atoms with Crippen LogP contribution in [0.3, 0.4) is 0 Å². The van der Waals surface area contributed by atoms with E-state index in [2.05, 4.69) is 21.2 Å². The topological polar surface area (TPSA) is 41.6 Å². The van der Waals surface area contributed by atoms with Crippen molar-refractivity contribution in [1.29, 1.82) is 0 Å². The Morgan fingerprint density at radius 2 is 2.23 bits per heavy atom. The van der Waals surface area contributed by atoms with Gasteiger partial charge >= 0.3 is 0 Å². The van der Waals surface area contributed by atoms with Crippen molar-refractivity contribution in [2.45, 2.75) is 26.4 Å². The molecule has 4 nitrogen and oxygen atoms in total. The van der Waals surface area contributed by atoms with Crippen molar-refractivity contribution in [1.82, 2.24) is 10.2 Å². The molecule has 1 atom stereocenters. The quantitative estimate of drug-likeness (QED) is 0.837. The third-order valence-electron chi connectivity index (χ3n) is 3.60. The minimum absolute atomic E-state index is 0. The average Bonchev–Trinajstić information content (AvgIpc) is 2.86. The lowest BCUT2D eigenvalue weighted by molar-refractivity contribution is 0.0781. The molecule has 1 aromatic rings. The molecule has 1 aromatic carbocycles. The zero-order chi connectivity index (χ0) is 15.4. The Labute approximate surface area is 147 Å². The van der Waals surface area contributed by atoms with Gasteiger partial charge in [0.1, 0.15) is 5.75 Å². The summed E-state index contributed by atoms with van der Waals surface area (Å²) in [5.74, 6) is 1.27. The monoisotopic (exact) mass is 390 g/mol. The number of benzene rings is 1. The highest BCUT2D eigenvalue weighted by Crippen LogP contribution is 2.28. The summed E-state index contributed by atoms with van der Waals surface area (Å²) in [6.45, 7) is 6.53. The molecule has 1 unspecified atom stereocenters. The number of nitrogens with one attached hydrogen (secondary N) is 1. The van der Waals surface area contributed by atoms with Crippen LogP contribution in [0.5, 0.6) is 5.75 Å². The van der Waals surface area contributed by atoms with Crippen LogP contribution in [0.4, 0.5) is 0 Å². The molecule has 1 amide bonds. The number of hydrogen-bond donors (Lipinski definition) is 1. The van der Waals surface area contributed by atoms with E-state index in [9.17, 15) is 4.79 Å². The molecule has 0 radical (unpaired) electrons. The summed E-state index contributed by atoms with van der Waals surface area (Å²) in [5, 5.41) is 3.18. The standard InChI is InChI=1S/C16H23BrN2O2.ClH/c1-11(2)21-15-8-13(17)4-5-14(15)16(20)19-7-6-12(10-19)9-18-3;/h4-5,8,11-12,18H,6-7,9-10H2,1-3H3;1H. The van der Waals surface area contributed by atoms with Crippen LogP contribution in [0.2, 0.25) is 0 Å². The molecule has 0 aromatic heterocycles. The summed E-state index contributed by atoms with van der Waals surface area (Å²) in [6, 6.07) is 5.60. The van der Waals surface area contributed by atoms with Gasteiger partial charge in [-0.25, -0.2) is 0 Å². The van der Waals surface area contributed by atoms with Crippen molar-refractivity contribution in [3.8, 4) is 5.75 Å². The fourth-order valence-electron chi connectivity index (χ4n) is 2.67. The number of rotatable bonds is 5. The van der Waals surface area contributed by atoms with E-state index in [4.69, 9.17) is 4.74 Å². The lowest BCUT2D eigenvalue weighted by Gasteiger charge is -2.20. The summed E-state index contributed by atoms with van der Waals surface area (Å²) in [6.07, 6.45) is 1.10. The third-order valence-corrected chi connectivity index (χ3v) is 4.10. The molecule has 0 aliphatic carbocycles. The van der Waals surface area contributed by atoms with Gasteiger partial charge in [0, 0.05) is 17.6 Å². The van der Waals surface area contributed by atoms with Crippen LogP contribution in [0, 0.1) is 5.92 Å². The highest BCUT2D eigenvalue weighted by Gasteiger charge is 2.28. The Kier molecular flexibility index (Phi) is 7.66. The zero-order valence-corrected chi connectivity index (χ0v) is 15.7. The molecule has 1 aliphatic rings. The van der Waals surface area contributed by atoms with E-state index in [-0.39, 0.29) is 24.4 Å². The first-order chi connectivity index (χ1) is 10.0. The lowest BCUT2D eigenvalue weighted by atomic mass is 10.1. The van der Waals surface area contributed by atoms with Gasteiger partial charge in [-0.1, -0.05) is 15.9 Å². The molecule has 0 saturated carbocycles. The Balaban J connectivity index is 0.00000242. The first kappa shape index (κ1) is 19.3. The van der Waals surface area contributed by atoms with E-state index in [1.807, 2.05) is 44.0 Å². The van der Waals surface area contributed by atoms with Gasteiger partial charge in [0.2, 0.25) is 0 Å². The average molecular weight is 392 g/mol. The van der Waals surface area contributed by atoms with Crippen molar-refractivity contribution in [2.75, 3.05) is 26.7 Å². The zero-order valence-electron chi connectivity index (χ0n) is 13.3. The van der Waals surface area contributed by atoms with Crippen LogP contribution < -0.4 is 10.1 Å². The Morgan fingerprint density at radius 3 is 2.86 bits per heavy atom. The number of likely N-dealkylation sites (tertiary alicyclic amines) is 1. The maximum Gasteiger partial charge on any atom is 0.257 e. The summed E-state index contributed by atoms with van der Waals surface area (Å²) >= 11 is 3.44. The number of nitrogens with zero attached hydrogens (tertiary/aromatic N) is 1. The molecule has 22 heavy (non-hydrogen) atoms. The van der Waals surface area contributed by atoms with Crippen LogP contribution in [0.1, 0.15) is 30.6 Å². The van der Waals surface area contributed by atoms with E-state index < -0.39 is 0 Å². The third kappa shape index (κ3) is 4.86. The molecule has 0 spiro atoms. The van der Waals surface area contributed by atoms with E-state index in [0.717, 1.165) is 30.5 Å². The van der Waals surface area contributed by atoms with Crippen LogP contribution in [0.15, 0.2) is 22.7 Å². The molecule has 0 bridgehead atoms. The summed E-state index contributed by atoms with van der Waals surface area (Å²) in [7, 11) is 1.95. The molecular formula is C16H24BrClN2O2. The van der Waals surface area contributed by atoms with Crippen molar-refractivity contribution >= 4 is 34.2 Å². The molecule has 1 saturated heterocycles. The van der Waals surface area contributed by atoms with Crippen molar-refractivity contribution in [3.05, 3.63) is 28.2 Å². The minimum Gasteiger partial charge on any atom is -0.490 e. The SMILES string of the molecule is CNCC1CCN(C(=O)c2ccc(Br)cc2OC(C)C)C1.Cl. The maximum absolute atomic E-state index is 12.7. The van der Waals surface area contributed by atoms with Gasteiger partial charge in [-0.15, -0.1) is 12.4 Å². The lowest BCUT2D eigenvalue weighted by Crippen LogP contribution is -2.30. The van der Waals surface area contributed by atoms with Crippen LogP contribution >= 0.6 is 28.3 Å². The Bertz CT molecular complexity index is 511. The molecule has 6 heteroatoms. The van der Waals surface area contributed by atoms with E-state index in [0.29, 0.717) is 17.2 Å². The Hall–Kier alpha value is -0.780. The van der Waals surface area contributed by atoms with Gasteiger partial charge in [-0.2, -0.15) is 0 Å². The van der Waals surface area contributed by atoms with E-state index in [1.165, 1.54) is 0 Å². The predicted octanol–water partition coefficient (Wildman–Crippen LogP) is 3.34. The molecular weight excluding hydrogens is 368 g/mol. The molecule has 1 aliphatic heterocycles. The molecule has 1 fully saturated rings. The second-order valence-electron chi connectivity index (χ2n) is 5.77. The van der Waals surface area contributed by atoms with Gasteiger partial charge in [-0.3, -0.25) is 4.79 Å². The van der Waals surface area contributed by atoms with E-state index in [1.54, 1.807) is 0 Å². The molecule has 2 rings (SSSR count). The maximum atomic E-state index is 12.7. The van der Waals surface area contributed by atoms with Gasteiger partial charge in [0.15, 0.2) is 0 Å². The van der Waals surface area contributed by atoms with Gasteiger partial charge in [0.05, 0.1) is 11.7 Å². The second-order valence-corrected chi connectivity index (χ2v) is 6.69. The second kappa shape index (κ2) is 8.75. The van der Waals surface area contributed by atoms with Crippen molar-refractivity contribution in [3.63, 3.8) is 0 Å².